The Morgan fingerprint density at radius 1 is 1.41 bits per heavy atom. The topological polar surface area (TPSA) is 49.3 Å². The molecule has 1 amide bonds. The summed E-state index contributed by atoms with van der Waals surface area (Å²) in [5.74, 6) is 0. The van der Waals surface area contributed by atoms with E-state index >= 15 is 0 Å². The molecule has 4 heteroatoms. The molecule has 1 saturated carbocycles. The predicted octanol–water partition coefficient (Wildman–Crippen LogP) is 3.48. The van der Waals surface area contributed by atoms with Crippen LogP contribution < -0.4 is 5.32 Å². The Bertz CT molecular complexity index is 482. The molecule has 1 unspecified atom stereocenters. The Labute approximate surface area is 108 Å². The van der Waals surface area contributed by atoms with E-state index in [1.54, 1.807) is 0 Å². The molecule has 3 rings (SSSR count). The lowest BCUT2D eigenvalue weighted by Gasteiger charge is -2.34. The zero-order chi connectivity index (χ0) is 12.0. The van der Waals surface area contributed by atoms with Gasteiger partial charge in [0.05, 0.1) is 6.04 Å². The Morgan fingerprint density at radius 2 is 2.18 bits per heavy atom. The maximum Gasteiger partial charge on any atom is 0.405 e. The van der Waals surface area contributed by atoms with Crippen LogP contribution in [-0.2, 0) is 6.42 Å². The fourth-order valence-electron chi connectivity index (χ4n) is 2.97. The van der Waals surface area contributed by atoms with Crippen molar-refractivity contribution in [1.82, 2.24) is 5.32 Å². The molecule has 17 heavy (non-hydrogen) atoms. The number of aryl methyl sites for hydroxylation is 1. The number of halogens is 1. The molecule has 0 heterocycles. The van der Waals surface area contributed by atoms with Gasteiger partial charge in [0.2, 0.25) is 0 Å². The summed E-state index contributed by atoms with van der Waals surface area (Å²) < 4.78 is 1.02. The lowest BCUT2D eigenvalue weighted by atomic mass is 9.77. The molecule has 0 radical (unpaired) electrons. The molecule has 1 atom stereocenters. The zero-order valence-corrected chi connectivity index (χ0v) is 11.0. The van der Waals surface area contributed by atoms with Crippen LogP contribution >= 0.6 is 15.9 Å². The lowest BCUT2D eigenvalue weighted by Crippen LogP contribution is -2.36. The average molecular weight is 296 g/mol. The summed E-state index contributed by atoms with van der Waals surface area (Å²) in [5.41, 5.74) is 2.64. The number of fused-ring (bicyclic) bond motifs is 1. The average Bonchev–Trinajstić information content (AvgIpc) is 3.04. The van der Waals surface area contributed by atoms with Gasteiger partial charge in [0.15, 0.2) is 0 Å². The fraction of sp³-hybridized carbons (Fsp3) is 0.462. The molecule has 1 spiro atoms. The van der Waals surface area contributed by atoms with E-state index in [1.165, 1.54) is 5.56 Å². The van der Waals surface area contributed by atoms with E-state index in [0.717, 1.165) is 35.7 Å². The second-order valence-corrected chi connectivity index (χ2v) is 6.00. The van der Waals surface area contributed by atoms with Crippen molar-refractivity contribution in [3.63, 3.8) is 0 Å². The van der Waals surface area contributed by atoms with Gasteiger partial charge in [-0.25, -0.2) is 4.79 Å². The molecule has 0 aliphatic heterocycles. The van der Waals surface area contributed by atoms with Crippen LogP contribution in [0.1, 0.15) is 36.4 Å². The number of nitrogens with one attached hydrogen (secondary N) is 1. The Hall–Kier alpha value is -1.03. The number of hydrogen-bond acceptors (Lipinski definition) is 1. The highest BCUT2D eigenvalue weighted by Crippen LogP contribution is 2.60. The highest BCUT2D eigenvalue weighted by Gasteiger charge is 2.52. The van der Waals surface area contributed by atoms with E-state index in [1.807, 2.05) is 6.07 Å². The van der Waals surface area contributed by atoms with Gasteiger partial charge in [-0.05, 0) is 54.4 Å². The molecule has 2 aliphatic carbocycles. The van der Waals surface area contributed by atoms with Gasteiger partial charge < -0.3 is 10.4 Å². The minimum absolute atomic E-state index is 0.0266. The van der Waals surface area contributed by atoms with Gasteiger partial charge >= 0.3 is 6.09 Å². The Balaban J connectivity index is 2.03. The van der Waals surface area contributed by atoms with Gasteiger partial charge in [-0.15, -0.1) is 0 Å². The van der Waals surface area contributed by atoms with E-state index in [2.05, 4.69) is 33.4 Å². The monoisotopic (exact) mass is 295 g/mol. The van der Waals surface area contributed by atoms with Crippen molar-refractivity contribution in [2.75, 3.05) is 0 Å². The third-order valence-corrected chi connectivity index (χ3v) is 4.58. The quantitative estimate of drug-likeness (QED) is 0.833. The van der Waals surface area contributed by atoms with Gasteiger partial charge in [-0.2, -0.15) is 0 Å². The summed E-state index contributed by atoms with van der Waals surface area (Å²) in [4.78, 5) is 11.0. The first-order chi connectivity index (χ1) is 8.11. The van der Waals surface area contributed by atoms with Gasteiger partial charge in [0, 0.05) is 4.47 Å². The number of amides is 1. The van der Waals surface area contributed by atoms with Crippen LogP contribution in [0.5, 0.6) is 0 Å². The minimum atomic E-state index is -0.922. The molecule has 0 aromatic heterocycles. The van der Waals surface area contributed by atoms with Crippen LogP contribution in [0.4, 0.5) is 4.79 Å². The summed E-state index contributed by atoms with van der Waals surface area (Å²) >= 11 is 3.47. The summed E-state index contributed by atoms with van der Waals surface area (Å²) in [6.45, 7) is 0. The maximum atomic E-state index is 11.0. The number of carboxylic acid groups (broad SMARTS) is 1. The van der Waals surface area contributed by atoms with Crippen molar-refractivity contribution in [3.05, 3.63) is 33.8 Å². The molecule has 3 nitrogen and oxygen atoms in total. The first kappa shape index (κ1) is 11.1. The second-order valence-electron chi connectivity index (χ2n) is 5.09. The summed E-state index contributed by atoms with van der Waals surface area (Å²) in [7, 11) is 0. The number of hydrogen-bond donors (Lipinski definition) is 2. The largest absolute Gasteiger partial charge is 0.465 e. The molecule has 0 bridgehead atoms. The van der Waals surface area contributed by atoms with E-state index in [0.29, 0.717) is 0 Å². The smallest absolute Gasteiger partial charge is 0.405 e. The highest BCUT2D eigenvalue weighted by molar-refractivity contribution is 9.10. The molecule has 0 saturated heterocycles. The van der Waals surface area contributed by atoms with Crippen molar-refractivity contribution < 1.29 is 9.90 Å². The Kier molecular flexibility index (Phi) is 2.43. The van der Waals surface area contributed by atoms with Gasteiger partial charge in [0.1, 0.15) is 0 Å². The molecule has 90 valence electrons. The van der Waals surface area contributed by atoms with Crippen LogP contribution in [0.25, 0.3) is 0 Å². The van der Waals surface area contributed by atoms with E-state index < -0.39 is 6.09 Å². The maximum absolute atomic E-state index is 11.0. The summed E-state index contributed by atoms with van der Waals surface area (Å²) in [5, 5.41) is 11.7. The Morgan fingerprint density at radius 3 is 2.82 bits per heavy atom. The first-order valence-corrected chi connectivity index (χ1v) is 6.68. The molecular weight excluding hydrogens is 282 g/mol. The van der Waals surface area contributed by atoms with Crippen molar-refractivity contribution in [2.45, 2.75) is 31.7 Å². The molecule has 1 aromatic carbocycles. The molecular formula is C13H14BrNO2. The van der Waals surface area contributed by atoms with Crippen molar-refractivity contribution >= 4 is 22.0 Å². The standard InChI is InChI=1S/C13H14BrNO2/c14-9-2-1-8-3-4-13(5-6-13)11(10(8)7-9)15-12(16)17/h1-2,7,11,15H,3-6H2,(H,16,17). The van der Waals surface area contributed by atoms with Gasteiger partial charge in [-0.1, -0.05) is 22.0 Å². The predicted molar refractivity (Wildman–Crippen MR) is 68.0 cm³/mol. The van der Waals surface area contributed by atoms with Gasteiger partial charge in [0.25, 0.3) is 0 Å². The summed E-state index contributed by atoms with van der Waals surface area (Å²) in [6, 6.07) is 6.17. The number of rotatable bonds is 1. The van der Waals surface area contributed by atoms with Crippen LogP contribution in [0.15, 0.2) is 22.7 Å². The molecule has 1 fully saturated rings. The van der Waals surface area contributed by atoms with E-state index in [9.17, 15) is 4.79 Å². The van der Waals surface area contributed by atoms with Crippen LogP contribution in [0, 0.1) is 5.41 Å². The van der Waals surface area contributed by atoms with Crippen molar-refractivity contribution in [2.24, 2.45) is 5.41 Å². The minimum Gasteiger partial charge on any atom is -0.465 e. The zero-order valence-electron chi connectivity index (χ0n) is 9.37. The molecule has 1 aromatic rings. The number of benzene rings is 1. The van der Waals surface area contributed by atoms with E-state index in [-0.39, 0.29) is 11.5 Å². The van der Waals surface area contributed by atoms with Gasteiger partial charge in [-0.3, -0.25) is 0 Å². The highest BCUT2D eigenvalue weighted by atomic mass is 79.9. The van der Waals surface area contributed by atoms with Crippen molar-refractivity contribution in [3.8, 4) is 0 Å². The summed E-state index contributed by atoms with van der Waals surface area (Å²) in [6.07, 6.45) is 3.54. The molecule has 2 N–H and O–H groups in total. The second kappa shape index (κ2) is 3.73. The third kappa shape index (κ3) is 1.84. The van der Waals surface area contributed by atoms with E-state index in [4.69, 9.17) is 5.11 Å². The number of carbonyl (C=O) groups is 1. The normalized spacial score (nSPS) is 24.2. The first-order valence-electron chi connectivity index (χ1n) is 5.88. The van der Waals surface area contributed by atoms with Crippen LogP contribution in [0.3, 0.4) is 0 Å². The lowest BCUT2D eigenvalue weighted by molar-refractivity contribution is 0.178. The van der Waals surface area contributed by atoms with Crippen LogP contribution in [-0.4, -0.2) is 11.2 Å². The third-order valence-electron chi connectivity index (χ3n) is 4.08. The SMILES string of the molecule is O=C(O)NC1c2cc(Br)ccc2CCC12CC2. The van der Waals surface area contributed by atoms with Crippen LogP contribution in [0.2, 0.25) is 0 Å². The van der Waals surface area contributed by atoms with Crippen molar-refractivity contribution in [1.29, 1.82) is 0 Å². The molecule has 2 aliphatic rings. The fourth-order valence-corrected chi connectivity index (χ4v) is 3.35.